The van der Waals surface area contributed by atoms with Crippen LogP contribution in [0.3, 0.4) is 0 Å². The van der Waals surface area contributed by atoms with Crippen LogP contribution < -0.4 is 20.7 Å². The molecule has 0 aliphatic rings. The number of carbonyl (C=O) groups excluding carboxylic acids is 2. The minimum Gasteiger partial charge on any atom is -0.494 e. The van der Waals surface area contributed by atoms with Crippen molar-refractivity contribution in [2.24, 2.45) is 0 Å². The number of carbonyl (C=O) groups is 2. The van der Waals surface area contributed by atoms with Crippen LogP contribution in [0.15, 0.2) is 48.5 Å². The molecule has 2 rings (SSSR count). The molecule has 0 radical (unpaired) electrons. The summed E-state index contributed by atoms with van der Waals surface area (Å²) in [6, 6.07) is 13.8. The molecule has 0 saturated carbocycles. The molecule has 0 spiro atoms. The lowest BCUT2D eigenvalue weighted by atomic mass is 10.1. The van der Waals surface area contributed by atoms with Crippen molar-refractivity contribution in [2.45, 2.75) is 45.4 Å². The number of anilines is 1. The summed E-state index contributed by atoms with van der Waals surface area (Å²) in [5, 5.41) is 17.2. The van der Waals surface area contributed by atoms with Gasteiger partial charge in [0, 0.05) is 18.7 Å². The van der Waals surface area contributed by atoms with Gasteiger partial charge < -0.3 is 20.5 Å². The number of unbranched alkanes of at least 4 members (excludes halogenated alkanes) is 4. The van der Waals surface area contributed by atoms with Crippen LogP contribution in [-0.2, 0) is 0 Å². The summed E-state index contributed by atoms with van der Waals surface area (Å²) in [5.74, 6) is 0.0778. The van der Waals surface area contributed by atoms with Gasteiger partial charge in [-0.15, -0.1) is 0 Å². The maximum absolute atomic E-state index is 12.5. The van der Waals surface area contributed by atoms with Crippen molar-refractivity contribution in [3.05, 3.63) is 59.7 Å². The normalized spacial score (nSPS) is 10.4. The van der Waals surface area contributed by atoms with Gasteiger partial charge in [0.15, 0.2) is 5.11 Å². The highest BCUT2D eigenvalue weighted by atomic mass is 32.1. The minimum absolute atomic E-state index is 0.00243. The van der Waals surface area contributed by atoms with Gasteiger partial charge >= 0.3 is 0 Å². The molecule has 0 atom stereocenters. The summed E-state index contributed by atoms with van der Waals surface area (Å²) >= 11 is 5.26. The molecule has 0 aliphatic carbocycles. The summed E-state index contributed by atoms with van der Waals surface area (Å²) in [5.41, 5.74) is 1.32. The number of hydrogen-bond donors (Lipinski definition) is 4. The van der Waals surface area contributed by atoms with Crippen LogP contribution in [0.25, 0.3) is 0 Å². The Labute approximate surface area is 200 Å². The summed E-state index contributed by atoms with van der Waals surface area (Å²) in [6.07, 6.45) is 6.35. The summed E-state index contributed by atoms with van der Waals surface area (Å²) in [6.45, 7) is 3.22. The van der Waals surface area contributed by atoms with Crippen LogP contribution in [0, 0.1) is 0 Å². The van der Waals surface area contributed by atoms with Gasteiger partial charge in [0.05, 0.1) is 17.9 Å². The highest BCUT2D eigenvalue weighted by Crippen LogP contribution is 2.16. The molecule has 2 aromatic rings. The van der Waals surface area contributed by atoms with Crippen molar-refractivity contribution in [1.29, 1.82) is 0 Å². The Kier molecular flexibility index (Phi) is 11.9. The van der Waals surface area contributed by atoms with E-state index in [1.54, 1.807) is 48.5 Å². The molecular formula is C25H33N3O4S. The molecule has 7 nitrogen and oxygen atoms in total. The number of aliphatic hydroxyl groups excluding tert-OH is 1. The van der Waals surface area contributed by atoms with E-state index in [0.29, 0.717) is 36.4 Å². The second-order valence-corrected chi connectivity index (χ2v) is 7.98. The number of thiocarbonyl (C=S) groups is 1. The Morgan fingerprint density at radius 1 is 0.939 bits per heavy atom. The zero-order chi connectivity index (χ0) is 23.9. The van der Waals surface area contributed by atoms with E-state index in [0.717, 1.165) is 18.6 Å². The number of ether oxygens (including phenoxy) is 1. The highest BCUT2D eigenvalue weighted by molar-refractivity contribution is 7.80. The van der Waals surface area contributed by atoms with Crippen molar-refractivity contribution in [1.82, 2.24) is 10.6 Å². The van der Waals surface area contributed by atoms with Crippen LogP contribution in [0.1, 0.15) is 66.2 Å². The zero-order valence-electron chi connectivity index (χ0n) is 19.1. The highest BCUT2D eigenvalue weighted by Gasteiger charge is 2.13. The van der Waals surface area contributed by atoms with Crippen LogP contribution >= 0.6 is 12.2 Å². The number of para-hydroxylation sites is 1. The van der Waals surface area contributed by atoms with E-state index >= 15 is 0 Å². The van der Waals surface area contributed by atoms with E-state index in [9.17, 15) is 9.59 Å². The van der Waals surface area contributed by atoms with Crippen LogP contribution in [0.4, 0.5) is 5.69 Å². The molecule has 2 aromatic carbocycles. The van der Waals surface area contributed by atoms with Gasteiger partial charge in [0.1, 0.15) is 5.75 Å². The Bertz CT molecular complexity index is 903. The maximum Gasteiger partial charge on any atom is 0.257 e. The monoisotopic (exact) mass is 471 g/mol. The molecule has 0 bridgehead atoms. The summed E-state index contributed by atoms with van der Waals surface area (Å²) < 4.78 is 5.73. The molecule has 0 saturated heterocycles. The van der Waals surface area contributed by atoms with Gasteiger partial charge in [-0.3, -0.25) is 14.9 Å². The van der Waals surface area contributed by atoms with Crippen molar-refractivity contribution in [3.63, 3.8) is 0 Å². The van der Waals surface area contributed by atoms with Crippen molar-refractivity contribution < 1.29 is 19.4 Å². The third kappa shape index (κ3) is 9.59. The number of benzene rings is 2. The van der Waals surface area contributed by atoms with Gasteiger partial charge in [-0.05, 0) is 61.5 Å². The largest absolute Gasteiger partial charge is 0.494 e. The SMILES string of the molecule is CCCCCCCOc1ccc(C(=O)NC(=S)Nc2ccccc2C(=O)NCCCO)cc1. The number of hydrogen-bond acceptors (Lipinski definition) is 5. The molecule has 8 heteroatoms. The van der Waals surface area contributed by atoms with E-state index in [1.807, 2.05) is 0 Å². The lowest BCUT2D eigenvalue weighted by Gasteiger charge is -2.13. The average Bonchev–Trinajstić information content (AvgIpc) is 2.82. The first-order chi connectivity index (χ1) is 16.0. The van der Waals surface area contributed by atoms with Gasteiger partial charge in [-0.25, -0.2) is 0 Å². The maximum atomic E-state index is 12.5. The Hall–Kier alpha value is -2.97. The fourth-order valence-corrected chi connectivity index (χ4v) is 3.30. The van der Waals surface area contributed by atoms with Crippen LogP contribution in [-0.4, -0.2) is 41.8 Å². The number of amides is 2. The number of aliphatic hydroxyl groups is 1. The Morgan fingerprint density at radius 2 is 1.67 bits per heavy atom. The van der Waals surface area contributed by atoms with Gasteiger partial charge in [0.25, 0.3) is 11.8 Å². The van der Waals surface area contributed by atoms with E-state index in [1.165, 1.54) is 19.3 Å². The quantitative estimate of drug-likeness (QED) is 0.257. The average molecular weight is 472 g/mol. The van der Waals surface area contributed by atoms with Crippen LogP contribution in [0.2, 0.25) is 0 Å². The van der Waals surface area contributed by atoms with Crippen molar-refractivity contribution >= 4 is 34.8 Å². The van der Waals surface area contributed by atoms with E-state index in [4.69, 9.17) is 22.1 Å². The minimum atomic E-state index is -0.358. The third-order valence-electron chi connectivity index (χ3n) is 4.90. The Balaban J connectivity index is 1.85. The first-order valence-electron chi connectivity index (χ1n) is 11.4. The first kappa shape index (κ1) is 26.3. The number of rotatable bonds is 13. The molecule has 4 N–H and O–H groups in total. The third-order valence-corrected chi connectivity index (χ3v) is 5.10. The van der Waals surface area contributed by atoms with Crippen LogP contribution in [0.5, 0.6) is 5.75 Å². The molecule has 0 aromatic heterocycles. The molecule has 0 heterocycles. The smallest absolute Gasteiger partial charge is 0.257 e. The first-order valence-corrected chi connectivity index (χ1v) is 11.8. The lowest BCUT2D eigenvalue weighted by Crippen LogP contribution is -2.35. The second-order valence-electron chi connectivity index (χ2n) is 7.57. The van der Waals surface area contributed by atoms with Gasteiger partial charge in [0.2, 0.25) is 0 Å². The molecule has 33 heavy (non-hydrogen) atoms. The van der Waals surface area contributed by atoms with E-state index < -0.39 is 0 Å². The fraction of sp³-hybridized carbons (Fsp3) is 0.400. The molecular weight excluding hydrogens is 438 g/mol. The summed E-state index contributed by atoms with van der Waals surface area (Å²) in [7, 11) is 0. The van der Waals surface area contributed by atoms with E-state index in [-0.39, 0.29) is 23.5 Å². The van der Waals surface area contributed by atoms with Gasteiger partial charge in [-0.2, -0.15) is 0 Å². The molecule has 0 aliphatic heterocycles. The lowest BCUT2D eigenvalue weighted by molar-refractivity contribution is 0.0950. The zero-order valence-corrected chi connectivity index (χ0v) is 19.9. The summed E-state index contributed by atoms with van der Waals surface area (Å²) in [4.78, 5) is 24.9. The molecule has 0 fully saturated rings. The number of nitrogens with one attached hydrogen (secondary N) is 3. The standard InChI is InChI=1S/C25H33N3O4S/c1-2-3-4-5-8-18-32-20-14-12-19(13-15-20)23(30)28-25(33)27-22-11-7-6-10-21(22)24(31)26-16-9-17-29/h6-7,10-15,29H,2-5,8-9,16-18H2,1H3,(H,26,31)(H2,27,28,30,33). The Morgan fingerprint density at radius 3 is 2.39 bits per heavy atom. The van der Waals surface area contributed by atoms with Crippen molar-refractivity contribution in [2.75, 3.05) is 25.1 Å². The fourth-order valence-electron chi connectivity index (χ4n) is 3.09. The molecule has 0 unspecified atom stereocenters. The molecule has 178 valence electrons. The topological polar surface area (TPSA) is 99.7 Å². The molecule has 2 amide bonds. The second kappa shape index (κ2) is 15.0. The van der Waals surface area contributed by atoms with Crippen molar-refractivity contribution in [3.8, 4) is 5.75 Å². The van der Waals surface area contributed by atoms with E-state index in [2.05, 4.69) is 22.9 Å². The van der Waals surface area contributed by atoms with Gasteiger partial charge in [-0.1, -0.05) is 44.7 Å². The predicted octanol–water partition coefficient (Wildman–Crippen LogP) is 4.27. The predicted molar refractivity (Wildman–Crippen MR) is 135 cm³/mol.